The fraction of sp³-hybridized carbons (Fsp3) is 0.100. The number of carbonyl (C=O) groups is 2. The summed E-state index contributed by atoms with van der Waals surface area (Å²) < 4.78 is 0. The van der Waals surface area contributed by atoms with E-state index >= 15 is 0 Å². The fourth-order valence-electron chi connectivity index (χ4n) is 1.32. The van der Waals surface area contributed by atoms with Crippen molar-refractivity contribution in [1.29, 1.82) is 5.26 Å². The predicted octanol–water partition coefficient (Wildman–Crippen LogP) is 1.70. The van der Waals surface area contributed by atoms with Crippen LogP contribution in [0.4, 0.5) is 5.69 Å². The third-order valence-corrected chi connectivity index (χ3v) is 2.31. The highest BCUT2D eigenvalue weighted by atomic mass is 35.5. The van der Waals surface area contributed by atoms with Crippen LogP contribution in [0.1, 0.15) is 26.3 Å². The summed E-state index contributed by atoms with van der Waals surface area (Å²) in [6.45, 7) is 0. The molecule has 0 aliphatic heterocycles. The Morgan fingerprint density at radius 2 is 2.24 bits per heavy atom. The minimum Gasteiger partial charge on any atom is -0.298 e. The minimum atomic E-state index is -0.791. The van der Waals surface area contributed by atoms with E-state index < -0.39 is 22.0 Å². The van der Waals surface area contributed by atoms with Crippen LogP contribution in [-0.2, 0) is 0 Å². The first kappa shape index (κ1) is 12.8. The Kier molecular flexibility index (Phi) is 3.91. The Balaban J connectivity index is 3.61. The largest absolute Gasteiger partial charge is 0.298 e. The number of rotatable bonds is 4. The third kappa shape index (κ3) is 2.29. The number of nitro benzene ring substituents is 1. The Morgan fingerprint density at radius 1 is 1.59 bits per heavy atom. The SMILES string of the molecule is N#Cc1c([N+](=O)[O-])ccc(C(=O)CCl)c1C=O. The second-order valence-electron chi connectivity index (χ2n) is 2.96. The van der Waals surface area contributed by atoms with Gasteiger partial charge in [0.1, 0.15) is 11.6 Å². The lowest BCUT2D eigenvalue weighted by Gasteiger charge is -2.03. The lowest BCUT2D eigenvalue weighted by Crippen LogP contribution is -2.08. The number of halogens is 1. The number of nitro groups is 1. The summed E-state index contributed by atoms with van der Waals surface area (Å²) >= 11 is 5.33. The van der Waals surface area contributed by atoms with Crippen molar-refractivity contribution >= 4 is 29.4 Å². The standard InChI is InChI=1S/C10H5ClN2O4/c11-3-10(15)6-1-2-9(13(16)17)7(4-12)8(6)5-14/h1-2,5H,3H2. The Morgan fingerprint density at radius 3 is 2.65 bits per heavy atom. The summed E-state index contributed by atoms with van der Waals surface area (Å²) in [5, 5.41) is 19.4. The van der Waals surface area contributed by atoms with Gasteiger partial charge in [-0.2, -0.15) is 5.26 Å². The lowest BCUT2D eigenvalue weighted by molar-refractivity contribution is -0.385. The molecule has 0 aliphatic rings. The molecule has 0 spiro atoms. The molecule has 17 heavy (non-hydrogen) atoms. The van der Waals surface area contributed by atoms with Gasteiger partial charge < -0.3 is 0 Å². The smallest absolute Gasteiger partial charge is 0.287 e. The van der Waals surface area contributed by atoms with Crippen LogP contribution in [0, 0.1) is 21.4 Å². The zero-order valence-corrected chi connectivity index (χ0v) is 9.10. The zero-order valence-electron chi connectivity index (χ0n) is 8.34. The van der Waals surface area contributed by atoms with E-state index in [0.717, 1.165) is 12.1 Å². The summed E-state index contributed by atoms with van der Waals surface area (Å²) in [4.78, 5) is 32.0. The number of aldehydes is 1. The van der Waals surface area contributed by atoms with Gasteiger partial charge in [-0.1, -0.05) is 0 Å². The van der Waals surface area contributed by atoms with Crippen LogP contribution in [0.15, 0.2) is 12.1 Å². The van der Waals surface area contributed by atoms with Gasteiger partial charge in [-0.05, 0) is 6.07 Å². The van der Waals surface area contributed by atoms with Gasteiger partial charge >= 0.3 is 0 Å². The van der Waals surface area contributed by atoms with Gasteiger partial charge in [-0.15, -0.1) is 11.6 Å². The van der Waals surface area contributed by atoms with Crippen molar-refractivity contribution in [2.75, 3.05) is 5.88 Å². The zero-order chi connectivity index (χ0) is 13.0. The molecular formula is C10H5ClN2O4. The molecule has 0 fully saturated rings. The average Bonchev–Trinajstić information content (AvgIpc) is 2.35. The van der Waals surface area contributed by atoms with Gasteiger partial charge in [0.15, 0.2) is 12.1 Å². The van der Waals surface area contributed by atoms with Crippen molar-refractivity contribution in [1.82, 2.24) is 0 Å². The van der Waals surface area contributed by atoms with Crippen molar-refractivity contribution in [3.8, 4) is 6.07 Å². The monoisotopic (exact) mass is 252 g/mol. The number of alkyl halides is 1. The van der Waals surface area contributed by atoms with E-state index in [4.69, 9.17) is 16.9 Å². The summed E-state index contributed by atoms with van der Waals surface area (Å²) in [6.07, 6.45) is 0.241. The van der Waals surface area contributed by atoms with Crippen molar-refractivity contribution in [3.63, 3.8) is 0 Å². The number of carbonyl (C=O) groups excluding carboxylic acids is 2. The number of hydrogen-bond acceptors (Lipinski definition) is 5. The van der Waals surface area contributed by atoms with Crippen LogP contribution < -0.4 is 0 Å². The normalized spacial score (nSPS) is 9.41. The Bertz CT molecular complexity index is 548. The Hall–Kier alpha value is -2.26. The Labute approximate surface area is 101 Å². The van der Waals surface area contributed by atoms with Crippen LogP contribution in [-0.4, -0.2) is 22.9 Å². The van der Waals surface area contributed by atoms with Gasteiger partial charge in [0.25, 0.3) is 5.69 Å². The third-order valence-electron chi connectivity index (χ3n) is 2.07. The van der Waals surface area contributed by atoms with E-state index in [0.29, 0.717) is 0 Å². The summed E-state index contributed by atoms with van der Waals surface area (Å²) in [5.41, 5.74) is -1.33. The molecule has 0 atom stereocenters. The molecule has 1 aromatic rings. The highest BCUT2D eigenvalue weighted by Crippen LogP contribution is 2.24. The van der Waals surface area contributed by atoms with Crippen molar-refractivity contribution in [2.24, 2.45) is 0 Å². The van der Waals surface area contributed by atoms with Crippen LogP contribution in [0.2, 0.25) is 0 Å². The van der Waals surface area contributed by atoms with E-state index in [1.807, 2.05) is 0 Å². The van der Waals surface area contributed by atoms with Gasteiger partial charge in [0.2, 0.25) is 0 Å². The molecule has 0 amide bonds. The quantitative estimate of drug-likeness (QED) is 0.267. The van der Waals surface area contributed by atoms with Crippen molar-refractivity contribution in [3.05, 3.63) is 38.9 Å². The molecule has 0 heterocycles. The maximum absolute atomic E-state index is 11.4. The van der Waals surface area contributed by atoms with Crippen molar-refractivity contribution in [2.45, 2.75) is 0 Å². The first-order valence-electron chi connectivity index (χ1n) is 4.32. The molecule has 0 unspecified atom stereocenters. The van der Waals surface area contributed by atoms with Gasteiger partial charge in [-0.25, -0.2) is 0 Å². The van der Waals surface area contributed by atoms with Crippen LogP contribution in [0.3, 0.4) is 0 Å². The molecule has 1 rings (SSSR count). The number of nitriles is 1. The highest BCUT2D eigenvalue weighted by Gasteiger charge is 2.22. The van der Waals surface area contributed by atoms with Gasteiger partial charge in [0.05, 0.1) is 10.8 Å². The fourth-order valence-corrected chi connectivity index (χ4v) is 1.46. The van der Waals surface area contributed by atoms with Crippen molar-refractivity contribution < 1.29 is 14.5 Å². The molecule has 0 aliphatic carbocycles. The first-order valence-corrected chi connectivity index (χ1v) is 4.86. The molecule has 0 bridgehead atoms. The van der Waals surface area contributed by atoms with Crippen LogP contribution >= 0.6 is 11.6 Å². The van der Waals surface area contributed by atoms with Gasteiger partial charge in [0, 0.05) is 17.2 Å². The molecule has 0 aromatic heterocycles. The second-order valence-corrected chi connectivity index (χ2v) is 3.23. The highest BCUT2D eigenvalue weighted by molar-refractivity contribution is 6.31. The second kappa shape index (κ2) is 5.18. The van der Waals surface area contributed by atoms with E-state index in [9.17, 15) is 19.7 Å². The van der Waals surface area contributed by atoms with E-state index in [2.05, 4.69) is 0 Å². The molecule has 0 N–H and O–H groups in total. The maximum atomic E-state index is 11.4. The number of nitrogens with zero attached hydrogens (tertiary/aromatic N) is 2. The average molecular weight is 253 g/mol. The molecule has 6 nitrogen and oxygen atoms in total. The van der Waals surface area contributed by atoms with E-state index in [1.54, 1.807) is 6.07 Å². The molecule has 86 valence electrons. The predicted molar refractivity (Wildman–Crippen MR) is 58.2 cm³/mol. The summed E-state index contributed by atoms with van der Waals surface area (Å²) in [7, 11) is 0. The molecular weight excluding hydrogens is 248 g/mol. The van der Waals surface area contributed by atoms with Crippen LogP contribution in [0.5, 0.6) is 0 Å². The summed E-state index contributed by atoms with van der Waals surface area (Å²) in [6, 6.07) is 3.67. The minimum absolute atomic E-state index is 0.0860. The lowest BCUT2D eigenvalue weighted by atomic mass is 9.98. The number of ketones is 1. The summed E-state index contributed by atoms with van der Waals surface area (Å²) in [5.74, 6) is -0.941. The molecule has 1 aromatic carbocycles. The first-order chi connectivity index (χ1) is 8.06. The number of Topliss-reactive ketones (excluding diaryl/α,β-unsaturated/α-hetero) is 1. The van der Waals surface area contributed by atoms with Crippen LogP contribution in [0.25, 0.3) is 0 Å². The topological polar surface area (TPSA) is 101 Å². The maximum Gasteiger partial charge on any atom is 0.287 e. The molecule has 0 saturated carbocycles. The number of hydrogen-bond donors (Lipinski definition) is 0. The molecule has 0 radical (unpaired) electrons. The van der Waals surface area contributed by atoms with E-state index in [1.165, 1.54) is 0 Å². The molecule has 7 heteroatoms. The van der Waals surface area contributed by atoms with Gasteiger partial charge in [-0.3, -0.25) is 19.7 Å². The number of benzene rings is 1. The molecule has 0 saturated heterocycles. The van der Waals surface area contributed by atoms with E-state index in [-0.39, 0.29) is 23.3 Å².